The number of anilines is 1. The Labute approximate surface area is 188 Å². The zero-order valence-corrected chi connectivity index (χ0v) is 18.5. The highest BCUT2D eigenvalue weighted by Gasteiger charge is 2.43. The second-order valence-electron chi connectivity index (χ2n) is 7.78. The number of benzene rings is 2. The van der Waals surface area contributed by atoms with Crippen LogP contribution in [0.4, 0.5) is 11.4 Å². The molecule has 1 amide bonds. The number of nitro groups is 1. The molecular weight excluding hydrogens is 450 g/mol. The highest BCUT2D eigenvalue weighted by atomic mass is 32.2. The summed E-state index contributed by atoms with van der Waals surface area (Å²) in [6.45, 7) is 0.461. The summed E-state index contributed by atoms with van der Waals surface area (Å²) < 4.78 is 28.4. The van der Waals surface area contributed by atoms with Crippen LogP contribution >= 0.6 is 11.3 Å². The third kappa shape index (κ3) is 3.40. The Bertz CT molecular complexity index is 1320. The van der Waals surface area contributed by atoms with Gasteiger partial charge in [0.1, 0.15) is 10.3 Å². The van der Waals surface area contributed by atoms with E-state index in [-0.39, 0.29) is 28.8 Å². The molecule has 0 saturated heterocycles. The second kappa shape index (κ2) is 7.80. The highest BCUT2D eigenvalue weighted by molar-refractivity contribution is 7.91. The number of nitrogens with zero attached hydrogens (tertiary/aromatic N) is 3. The van der Waals surface area contributed by atoms with Gasteiger partial charge in [-0.05, 0) is 41.0 Å². The molecule has 2 aliphatic rings. The average Bonchev–Trinajstić information content (AvgIpc) is 3.48. The van der Waals surface area contributed by atoms with Crippen molar-refractivity contribution in [3.05, 3.63) is 86.8 Å². The van der Waals surface area contributed by atoms with Crippen LogP contribution in [-0.4, -0.2) is 36.1 Å². The van der Waals surface area contributed by atoms with Crippen molar-refractivity contribution in [2.45, 2.75) is 29.6 Å². The lowest BCUT2D eigenvalue weighted by Crippen LogP contribution is -2.53. The largest absolute Gasteiger partial charge is 0.310 e. The first-order valence-electron chi connectivity index (χ1n) is 10.1. The standard InChI is InChI=1S/C22H19N3O5S2/c26-22(23-10-9-15-7-8-18(25(27)28)13-19(15)23)20-12-16-4-1-2-5-17(16)14-24(20)32(29,30)21-6-3-11-31-21/h1-8,11,13,20H,9-10,12,14H2/t20-/m0/s1. The summed E-state index contributed by atoms with van der Waals surface area (Å²) in [5.74, 6) is -0.362. The minimum atomic E-state index is -3.89. The lowest BCUT2D eigenvalue weighted by Gasteiger charge is -2.36. The van der Waals surface area contributed by atoms with Crippen molar-refractivity contribution in [3.8, 4) is 0 Å². The van der Waals surface area contributed by atoms with Gasteiger partial charge < -0.3 is 4.90 Å². The summed E-state index contributed by atoms with van der Waals surface area (Å²) in [5.41, 5.74) is 3.03. The number of carbonyl (C=O) groups excluding carboxylic acids is 1. The highest BCUT2D eigenvalue weighted by Crippen LogP contribution is 2.36. The van der Waals surface area contributed by atoms with Crippen LogP contribution < -0.4 is 4.90 Å². The summed E-state index contributed by atoms with van der Waals surface area (Å²) in [7, 11) is -3.89. The SMILES string of the molecule is O=C([C@@H]1Cc2ccccc2CN1S(=O)(=O)c1cccs1)N1CCc2ccc([N+](=O)[O-])cc21. The van der Waals surface area contributed by atoms with Gasteiger partial charge in [-0.2, -0.15) is 4.31 Å². The second-order valence-corrected chi connectivity index (χ2v) is 10.8. The van der Waals surface area contributed by atoms with E-state index in [4.69, 9.17) is 0 Å². The van der Waals surface area contributed by atoms with Crippen LogP contribution in [0.3, 0.4) is 0 Å². The number of fused-ring (bicyclic) bond motifs is 2. The molecule has 3 aromatic rings. The number of sulfonamides is 1. The average molecular weight is 470 g/mol. The first-order valence-corrected chi connectivity index (χ1v) is 12.4. The fourth-order valence-electron chi connectivity index (χ4n) is 4.38. The van der Waals surface area contributed by atoms with E-state index in [1.165, 1.54) is 27.4 Å². The Morgan fingerprint density at radius 3 is 2.56 bits per heavy atom. The van der Waals surface area contributed by atoms with E-state index in [2.05, 4.69) is 0 Å². The number of carbonyl (C=O) groups is 1. The van der Waals surface area contributed by atoms with Gasteiger partial charge in [-0.1, -0.05) is 36.4 Å². The molecule has 0 radical (unpaired) electrons. The Hall–Kier alpha value is -3.08. The summed E-state index contributed by atoms with van der Waals surface area (Å²) in [4.78, 5) is 26.0. The fourth-order valence-corrected chi connectivity index (χ4v) is 7.06. The number of hydrogen-bond donors (Lipinski definition) is 0. The number of amides is 1. The number of non-ortho nitro benzene ring substituents is 1. The summed E-state index contributed by atoms with van der Waals surface area (Å²) >= 11 is 1.12. The van der Waals surface area contributed by atoms with Gasteiger partial charge in [0.15, 0.2) is 0 Å². The predicted octanol–water partition coefficient (Wildman–Crippen LogP) is 3.36. The Kier molecular flexibility index (Phi) is 5.07. The van der Waals surface area contributed by atoms with Gasteiger partial charge in [0, 0.05) is 25.2 Å². The Morgan fingerprint density at radius 1 is 1.06 bits per heavy atom. The molecule has 5 rings (SSSR count). The molecule has 0 N–H and O–H groups in total. The molecule has 2 aromatic carbocycles. The van der Waals surface area contributed by atoms with Crippen molar-refractivity contribution in [1.82, 2.24) is 4.31 Å². The molecule has 0 bridgehead atoms. The topological polar surface area (TPSA) is 101 Å². The maximum atomic E-state index is 13.7. The normalized spacial score (nSPS) is 18.2. The van der Waals surface area contributed by atoms with E-state index in [1.54, 1.807) is 17.5 Å². The van der Waals surface area contributed by atoms with E-state index in [9.17, 15) is 23.3 Å². The van der Waals surface area contributed by atoms with Gasteiger partial charge in [0.2, 0.25) is 5.91 Å². The lowest BCUT2D eigenvalue weighted by molar-refractivity contribution is -0.384. The zero-order valence-electron chi connectivity index (χ0n) is 16.9. The minimum absolute atomic E-state index is 0.0968. The smallest absolute Gasteiger partial charge is 0.271 e. The summed E-state index contributed by atoms with van der Waals surface area (Å²) in [6.07, 6.45) is 0.820. The van der Waals surface area contributed by atoms with Gasteiger partial charge in [0.05, 0.1) is 10.6 Å². The number of hydrogen-bond acceptors (Lipinski definition) is 6. The van der Waals surface area contributed by atoms with Gasteiger partial charge in [-0.3, -0.25) is 14.9 Å². The molecule has 2 aliphatic heterocycles. The van der Waals surface area contributed by atoms with Crippen molar-refractivity contribution < 1.29 is 18.1 Å². The molecular formula is C22H19N3O5S2. The lowest BCUT2D eigenvalue weighted by atomic mass is 9.95. The van der Waals surface area contributed by atoms with Crippen molar-refractivity contribution in [1.29, 1.82) is 0 Å². The Balaban J connectivity index is 1.56. The van der Waals surface area contributed by atoms with Crippen molar-refractivity contribution in [2.75, 3.05) is 11.4 Å². The molecule has 10 heteroatoms. The van der Waals surface area contributed by atoms with Crippen LogP contribution in [0.15, 0.2) is 64.2 Å². The Morgan fingerprint density at radius 2 is 1.84 bits per heavy atom. The number of nitro benzene ring substituents is 1. The molecule has 164 valence electrons. The molecule has 1 aromatic heterocycles. The van der Waals surface area contributed by atoms with Crippen LogP contribution in [0.25, 0.3) is 0 Å². The van der Waals surface area contributed by atoms with Crippen molar-refractivity contribution in [3.63, 3.8) is 0 Å². The monoisotopic (exact) mass is 469 g/mol. The quantitative estimate of drug-likeness (QED) is 0.431. The number of thiophene rings is 1. The van der Waals surface area contributed by atoms with Gasteiger partial charge >= 0.3 is 0 Å². The minimum Gasteiger partial charge on any atom is -0.310 e. The van der Waals surface area contributed by atoms with E-state index in [0.29, 0.717) is 18.7 Å². The molecule has 0 aliphatic carbocycles. The maximum absolute atomic E-state index is 13.7. The van der Waals surface area contributed by atoms with E-state index < -0.39 is 21.0 Å². The van der Waals surface area contributed by atoms with E-state index in [1.807, 2.05) is 24.3 Å². The molecule has 32 heavy (non-hydrogen) atoms. The third-order valence-electron chi connectivity index (χ3n) is 5.99. The fraction of sp³-hybridized carbons (Fsp3) is 0.227. The van der Waals surface area contributed by atoms with E-state index >= 15 is 0 Å². The van der Waals surface area contributed by atoms with Crippen LogP contribution in [0, 0.1) is 10.1 Å². The van der Waals surface area contributed by atoms with E-state index in [0.717, 1.165) is 28.0 Å². The predicted molar refractivity (Wildman–Crippen MR) is 120 cm³/mol. The third-order valence-corrected chi connectivity index (χ3v) is 9.22. The molecule has 8 nitrogen and oxygen atoms in total. The van der Waals surface area contributed by atoms with Crippen LogP contribution in [-0.2, 0) is 34.2 Å². The zero-order chi connectivity index (χ0) is 22.5. The summed E-state index contributed by atoms with van der Waals surface area (Å²) in [6, 6.07) is 14.3. The van der Waals surface area contributed by atoms with Gasteiger partial charge in [0.25, 0.3) is 15.7 Å². The molecule has 0 unspecified atom stereocenters. The summed E-state index contributed by atoms with van der Waals surface area (Å²) in [5, 5.41) is 12.9. The van der Waals surface area contributed by atoms with Crippen molar-refractivity contribution in [2.24, 2.45) is 0 Å². The van der Waals surface area contributed by atoms with Crippen molar-refractivity contribution >= 4 is 38.6 Å². The maximum Gasteiger partial charge on any atom is 0.271 e. The molecule has 0 fully saturated rings. The van der Waals surface area contributed by atoms with Crippen LogP contribution in [0.5, 0.6) is 0 Å². The van der Waals surface area contributed by atoms with Crippen LogP contribution in [0.2, 0.25) is 0 Å². The molecule has 1 atom stereocenters. The first kappa shape index (κ1) is 20.8. The number of rotatable bonds is 4. The molecule has 0 spiro atoms. The molecule has 0 saturated carbocycles. The first-order chi connectivity index (χ1) is 15.4. The van der Waals surface area contributed by atoms with Gasteiger partial charge in [-0.25, -0.2) is 8.42 Å². The van der Waals surface area contributed by atoms with Crippen LogP contribution in [0.1, 0.15) is 16.7 Å². The van der Waals surface area contributed by atoms with Gasteiger partial charge in [-0.15, -0.1) is 11.3 Å². The molecule has 3 heterocycles.